The Morgan fingerprint density at radius 2 is 2.11 bits per heavy atom. The van der Waals surface area contributed by atoms with Crippen LogP contribution in [0.2, 0.25) is 0 Å². The first-order valence-corrected chi connectivity index (χ1v) is 10.0. The minimum atomic E-state index is -4.40. The number of aliphatic imine (C=N–C) groups is 1. The van der Waals surface area contributed by atoms with Crippen LogP contribution in [-0.2, 0) is 26.2 Å². The van der Waals surface area contributed by atoms with E-state index in [-0.39, 0.29) is 0 Å². The van der Waals surface area contributed by atoms with Crippen LogP contribution in [0.4, 0.5) is 13.2 Å². The molecule has 2 heterocycles. The molecule has 0 aliphatic heterocycles. The van der Waals surface area contributed by atoms with Crippen molar-refractivity contribution >= 4 is 17.3 Å². The monoisotopic (exact) mass is 416 g/mol. The summed E-state index contributed by atoms with van der Waals surface area (Å²) in [6.07, 6.45) is -2.03. The highest BCUT2D eigenvalue weighted by Crippen LogP contribution is 2.30. The van der Waals surface area contributed by atoms with Crippen molar-refractivity contribution < 1.29 is 13.2 Å². The van der Waals surface area contributed by atoms with Crippen LogP contribution >= 0.6 is 11.3 Å². The first-order valence-electron chi connectivity index (χ1n) is 9.15. The Bertz CT molecular complexity index is 794. The van der Waals surface area contributed by atoms with Gasteiger partial charge < -0.3 is 10.2 Å². The third kappa shape index (κ3) is 5.95. The molecule has 0 radical (unpaired) electrons. The molecule has 10 heteroatoms. The van der Waals surface area contributed by atoms with Crippen LogP contribution < -0.4 is 5.32 Å². The van der Waals surface area contributed by atoms with Gasteiger partial charge in [0.25, 0.3) is 0 Å². The normalized spacial score (nSPS) is 12.7. The molecular formula is C18H27F3N6S. The van der Waals surface area contributed by atoms with Gasteiger partial charge in [-0.25, -0.2) is 4.98 Å². The molecule has 0 spiro atoms. The maximum Gasteiger partial charge on any atom is 0.434 e. The summed E-state index contributed by atoms with van der Waals surface area (Å²) in [7, 11) is 3.83. The minimum Gasteiger partial charge on any atom is -0.357 e. The van der Waals surface area contributed by atoms with Crippen molar-refractivity contribution in [2.24, 2.45) is 12.0 Å². The molecule has 0 unspecified atom stereocenters. The van der Waals surface area contributed by atoms with Gasteiger partial charge in [0.05, 0.1) is 10.7 Å². The van der Waals surface area contributed by atoms with Crippen LogP contribution in [0, 0.1) is 0 Å². The molecule has 0 bridgehead atoms. The molecule has 0 aliphatic rings. The van der Waals surface area contributed by atoms with Crippen molar-refractivity contribution in [3.05, 3.63) is 33.5 Å². The van der Waals surface area contributed by atoms with Crippen LogP contribution in [0.25, 0.3) is 0 Å². The van der Waals surface area contributed by atoms with Gasteiger partial charge in [-0.1, -0.05) is 13.8 Å². The fraction of sp³-hybridized carbons (Fsp3) is 0.611. The molecule has 0 atom stereocenters. The molecule has 0 aliphatic carbocycles. The zero-order valence-electron chi connectivity index (χ0n) is 16.8. The van der Waals surface area contributed by atoms with Crippen LogP contribution in [0.15, 0.2) is 16.6 Å². The number of aryl methyl sites for hydroxylation is 1. The lowest BCUT2D eigenvalue weighted by Gasteiger charge is -2.22. The fourth-order valence-electron chi connectivity index (χ4n) is 2.78. The van der Waals surface area contributed by atoms with Crippen molar-refractivity contribution in [1.82, 2.24) is 25.0 Å². The Balaban J connectivity index is 2.04. The van der Waals surface area contributed by atoms with Crippen LogP contribution in [0.5, 0.6) is 0 Å². The van der Waals surface area contributed by atoms with E-state index < -0.39 is 11.9 Å². The number of hydrogen-bond donors (Lipinski definition) is 1. The summed E-state index contributed by atoms with van der Waals surface area (Å²) in [6, 6.07) is 0. The Hall–Kier alpha value is -2.10. The van der Waals surface area contributed by atoms with Gasteiger partial charge in [-0.2, -0.15) is 18.3 Å². The second-order valence-corrected chi connectivity index (χ2v) is 7.78. The molecular weight excluding hydrogens is 389 g/mol. The number of halogens is 3. The lowest BCUT2D eigenvalue weighted by molar-refractivity contribution is -0.140. The van der Waals surface area contributed by atoms with Gasteiger partial charge in [0.15, 0.2) is 11.7 Å². The molecule has 0 saturated heterocycles. The molecule has 2 aromatic rings. The van der Waals surface area contributed by atoms with Crippen LogP contribution in [0.3, 0.4) is 0 Å². The quantitative estimate of drug-likeness (QED) is 0.553. The number of nitrogens with one attached hydrogen (secondary N) is 1. The second kappa shape index (κ2) is 9.40. The maximum absolute atomic E-state index is 12.6. The summed E-state index contributed by atoms with van der Waals surface area (Å²) >= 11 is 1.01. The second-order valence-electron chi connectivity index (χ2n) is 6.83. The number of guanidine groups is 1. The highest BCUT2D eigenvalue weighted by molar-refractivity contribution is 7.09. The van der Waals surface area contributed by atoms with Gasteiger partial charge in [0.1, 0.15) is 0 Å². The smallest absolute Gasteiger partial charge is 0.357 e. The molecule has 1 N–H and O–H groups in total. The van der Waals surface area contributed by atoms with E-state index in [1.807, 2.05) is 36.8 Å². The summed E-state index contributed by atoms with van der Waals surface area (Å²) in [5.41, 5.74) is 1.34. The van der Waals surface area contributed by atoms with E-state index in [9.17, 15) is 13.2 Å². The summed E-state index contributed by atoms with van der Waals surface area (Å²) in [6.45, 7) is 7.89. The third-order valence-electron chi connectivity index (χ3n) is 4.02. The van der Waals surface area contributed by atoms with Crippen molar-refractivity contribution in [3.63, 3.8) is 0 Å². The number of nitrogens with zero attached hydrogens (tertiary/aromatic N) is 5. The minimum absolute atomic E-state index is 0.317. The number of hydrogen-bond acceptors (Lipinski definition) is 4. The predicted molar refractivity (Wildman–Crippen MR) is 106 cm³/mol. The third-order valence-corrected chi connectivity index (χ3v) is 4.93. The Kier molecular flexibility index (Phi) is 7.45. The molecule has 6 nitrogen and oxygen atoms in total. The number of alkyl halides is 3. The summed E-state index contributed by atoms with van der Waals surface area (Å²) in [4.78, 5) is 10.2. The van der Waals surface area contributed by atoms with E-state index >= 15 is 0 Å². The van der Waals surface area contributed by atoms with E-state index in [0.29, 0.717) is 42.9 Å². The topological polar surface area (TPSA) is 58.3 Å². The van der Waals surface area contributed by atoms with Crippen molar-refractivity contribution in [2.45, 2.75) is 45.8 Å². The molecule has 2 rings (SSSR count). The molecule has 0 saturated carbocycles. The standard InChI is InChI=1S/C18H27F3N6S/c1-6-22-17(23-8-7-15-24-14(11-28-15)18(19,20)21)26(4)9-13-10-27(5)25-16(13)12(2)3/h10-12H,6-9H2,1-5H3,(H,22,23). The Morgan fingerprint density at radius 1 is 1.39 bits per heavy atom. The summed E-state index contributed by atoms with van der Waals surface area (Å²) in [5, 5.41) is 9.23. The number of thiazole rings is 1. The highest BCUT2D eigenvalue weighted by atomic mass is 32.1. The summed E-state index contributed by atoms with van der Waals surface area (Å²) < 4.78 is 39.8. The first-order chi connectivity index (χ1) is 13.1. The Morgan fingerprint density at radius 3 is 2.68 bits per heavy atom. The van der Waals surface area contributed by atoms with Gasteiger partial charge in [-0.15, -0.1) is 11.3 Å². The zero-order chi connectivity index (χ0) is 20.9. The van der Waals surface area contributed by atoms with Gasteiger partial charge in [-0.05, 0) is 12.8 Å². The zero-order valence-corrected chi connectivity index (χ0v) is 17.7. The molecule has 156 valence electrons. The average molecular weight is 417 g/mol. The van der Waals surface area contributed by atoms with E-state index in [0.717, 1.165) is 28.0 Å². The SMILES string of the molecule is CCNC(=NCCc1nc(C(F)(F)F)cs1)N(C)Cc1cn(C)nc1C(C)C. The molecule has 0 aromatic carbocycles. The van der Waals surface area contributed by atoms with Crippen molar-refractivity contribution in [3.8, 4) is 0 Å². The van der Waals surface area contributed by atoms with Gasteiger partial charge in [0, 0.05) is 57.3 Å². The molecule has 0 amide bonds. The highest BCUT2D eigenvalue weighted by Gasteiger charge is 2.33. The van der Waals surface area contributed by atoms with Crippen molar-refractivity contribution in [2.75, 3.05) is 20.1 Å². The number of rotatable bonds is 7. The largest absolute Gasteiger partial charge is 0.434 e. The predicted octanol–water partition coefficient (Wildman–Crippen LogP) is 3.66. The lowest BCUT2D eigenvalue weighted by Crippen LogP contribution is -2.38. The van der Waals surface area contributed by atoms with E-state index in [1.165, 1.54) is 0 Å². The summed E-state index contributed by atoms with van der Waals surface area (Å²) in [5.74, 6) is 1.02. The molecule has 0 fully saturated rings. The van der Waals surface area contributed by atoms with Crippen molar-refractivity contribution in [1.29, 1.82) is 0 Å². The molecule has 2 aromatic heterocycles. The average Bonchev–Trinajstić information content (AvgIpc) is 3.20. The van der Waals surface area contributed by atoms with Crippen LogP contribution in [0.1, 0.15) is 48.6 Å². The van der Waals surface area contributed by atoms with E-state index in [1.54, 1.807) is 0 Å². The lowest BCUT2D eigenvalue weighted by atomic mass is 10.1. The first kappa shape index (κ1) is 22.2. The van der Waals surface area contributed by atoms with Crippen LogP contribution in [-0.4, -0.2) is 45.8 Å². The van der Waals surface area contributed by atoms with Gasteiger partial charge in [0.2, 0.25) is 0 Å². The molecule has 28 heavy (non-hydrogen) atoms. The van der Waals surface area contributed by atoms with Gasteiger partial charge >= 0.3 is 6.18 Å². The number of aromatic nitrogens is 3. The fourth-order valence-corrected chi connectivity index (χ4v) is 3.57. The maximum atomic E-state index is 12.6. The Labute approximate surface area is 167 Å². The van der Waals surface area contributed by atoms with Gasteiger partial charge in [-0.3, -0.25) is 9.67 Å². The van der Waals surface area contributed by atoms with E-state index in [2.05, 4.69) is 34.2 Å². The van der Waals surface area contributed by atoms with E-state index in [4.69, 9.17) is 0 Å².